The lowest BCUT2D eigenvalue weighted by molar-refractivity contribution is -0.142. The van der Waals surface area contributed by atoms with E-state index in [1.54, 1.807) is 4.72 Å². The van der Waals surface area contributed by atoms with E-state index in [2.05, 4.69) is 10.4 Å². The predicted molar refractivity (Wildman–Crippen MR) is 153 cm³/mol. The van der Waals surface area contributed by atoms with Crippen molar-refractivity contribution in [2.45, 2.75) is 43.3 Å². The van der Waals surface area contributed by atoms with Crippen molar-refractivity contribution in [1.82, 2.24) is 19.8 Å². The number of carbonyl (C=O) groups is 2. The highest BCUT2D eigenvalue weighted by Crippen LogP contribution is 2.39. The van der Waals surface area contributed by atoms with Crippen LogP contribution < -0.4 is 14.9 Å². The van der Waals surface area contributed by atoms with Crippen LogP contribution in [0.3, 0.4) is 0 Å². The number of aromatic nitrogens is 2. The summed E-state index contributed by atoms with van der Waals surface area (Å²) in [5, 5.41) is 6.02. The summed E-state index contributed by atoms with van der Waals surface area (Å²) < 4.78 is 136. The summed E-state index contributed by atoms with van der Waals surface area (Å²) >= 11 is 0. The van der Waals surface area contributed by atoms with E-state index in [4.69, 9.17) is 0 Å². The number of hydrogen-bond donors (Lipinski definition) is 2. The van der Waals surface area contributed by atoms with Gasteiger partial charge in [-0.2, -0.15) is 31.4 Å². The first-order chi connectivity index (χ1) is 22.3. The minimum Gasteiger partial charge on any atom is -0.350 e. The Morgan fingerprint density at radius 2 is 1.56 bits per heavy atom. The van der Waals surface area contributed by atoms with Crippen molar-refractivity contribution >= 4 is 27.7 Å². The molecule has 0 aliphatic carbocycles. The molecule has 0 bridgehead atoms. The Bertz CT molecular complexity index is 1990. The van der Waals surface area contributed by atoms with Gasteiger partial charge in [0.25, 0.3) is 21.8 Å². The van der Waals surface area contributed by atoms with Crippen LogP contribution in [0, 0.1) is 11.6 Å². The molecule has 0 unspecified atom stereocenters. The Morgan fingerprint density at radius 1 is 0.875 bits per heavy atom. The van der Waals surface area contributed by atoms with Gasteiger partial charge in [-0.3, -0.25) is 9.59 Å². The number of nitrogens with one attached hydrogen (secondary N) is 2. The van der Waals surface area contributed by atoms with Crippen LogP contribution in [0.15, 0.2) is 71.6 Å². The average Bonchev–Trinajstić information content (AvgIpc) is 3.58. The lowest BCUT2D eigenvalue weighted by Crippen LogP contribution is -2.31. The number of hydrogen-bond acceptors (Lipinski definition) is 6. The zero-order chi connectivity index (χ0) is 35.2. The maximum atomic E-state index is 14.0. The molecule has 0 radical (unpaired) electrons. The molecule has 1 aliphatic heterocycles. The Balaban J connectivity index is 1.34. The van der Waals surface area contributed by atoms with E-state index >= 15 is 0 Å². The van der Waals surface area contributed by atoms with E-state index in [1.165, 1.54) is 48.2 Å². The molecule has 1 aliphatic rings. The number of benzene rings is 3. The molecule has 5 rings (SSSR count). The smallest absolute Gasteiger partial charge is 0.350 e. The average molecular weight is 702 g/mol. The van der Waals surface area contributed by atoms with Gasteiger partial charge in [-0.05, 0) is 60.5 Å². The Labute approximate surface area is 267 Å². The van der Waals surface area contributed by atoms with E-state index in [0.717, 1.165) is 22.9 Å². The second-order valence-corrected chi connectivity index (χ2v) is 12.4. The first-order valence-electron chi connectivity index (χ1n) is 13.9. The highest BCUT2D eigenvalue weighted by Gasteiger charge is 2.44. The lowest BCUT2D eigenvalue weighted by Gasteiger charge is -2.21. The van der Waals surface area contributed by atoms with Gasteiger partial charge in [0.1, 0.15) is 11.4 Å². The third-order valence-corrected chi connectivity index (χ3v) is 8.71. The Hall–Kier alpha value is -5.00. The molecule has 3 aromatic carbocycles. The van der Waals surface area contributed by atoms with Crippen molar-refractivity contribution < 1.29 is 53.1 Å². The Morgan fingerprint density at radius 3 is 2.19 bits per heavy atom. The molecule has 1 atom stereocenters. The zero-order valence-electron chi connectivity index (χ0n) is 24.5. The van der Waals surface area contributed by atoms with Gasteiger partial charge in [0, 0.05) is 18.7 Å². The number of alkyl halides is 6. The maximum absolute atomic E-state index is 14.0. The summed E-state index contributed by atoms with van der Waals surface area (Å²) in [6.45, 7) is 1.20. The number of fused-ring (bicyclic) bond motifs is 1. The molecule has 2 N–H and O–H groups in total. The minimum atomic E-state index is -5.05. The second-order valence-electron chi connectivity index (χ2n) is 10.7. The predicted octanol–water partition coefficient (Wildman–Crippen LogP) is 5.83. The van der Waals surface area contributed by atoms with E-state index < -0.39 is 73.6 Å². The molecule has 9 nitrogen and oxygen atoms in total. The number of anilines is 1. The summed E-state index contributed by atoms with van der Waals surface area (Å²) in [5.74, 6) is -5.27. The van der Waals surface area contributed by atoms with Gasteiger partial charge in [-0.15, -0.1) is 0 Å². The van der Waals surface area contributed by atoms with Crippen LogP contribution in [0.1, 0.15) is 56.1 Å². The fourth-order valence-corrected chi connectivity index (χ4v) is 6.02. The zero-order valence-corrected chi connectivity index (χ0v) is 25.3. The van der Waals surface area contributed by atoms with Crippen LogP contribution in [-0.2, 0) is 35.5 Å². The summed E-state index contributed by atoms with van der Waals surface area (Å²) in [6, 6.07) is 9.98. The lowest BCUT2D eigenvalue weighted by atomic mass is 10.0. The van der Waals surface area contributed by atoms with E-state index in [0.29, 0.717) is 17.7 Å². The Kier molecular flexibility index (Phi) is 8.98. The molecule has 0 spiro atoms. The first-order valence-corrected chi connectivity index (χ1v) is 15.4. The quantitative estimate of drug-likeness (QED) is 0.224. The largest absolute Gasteiger partial charge is 0.436 e. The fraction of sp³-hybridized carbons (Fsp3) is 0.233. The van der Waals surface area contributed by atoms with E-state index in [1.807, 2.05) is 0 Å². The van der Waals surface area contributed by atoms with Gasteiger partial charge < -0.3 is 10.2 Å². The molecule has 2 heterocycles. The molecule has 0 saturated heterocycles. The summed E-state index contributed by atoms with van der Waals surface area (Å²) in [5.41, 5.74) is -3.00. The number of sulfonamides is 1. The van der Waals surface area contributed by atoms with E-state index in [9.17, 15) is 53.1 Å². The monoisotopic (exact) mass is 701 g/mol. The molecular formula is C30H23F8N5O4S. The number of halogens is 8. The highest BCUT2D eigenvalue weighted by atomic mass is 32.2. The van der Waals surface area contributed by atoms with Crippen molar-refractivity contribution in [2.24, 2.45) is 0 Å². The maximum Gasteiger partial charge on any atom is 0.436 e. The van der Waals surface area contributed by atoms with Crippen LogP contribution >= 0.6 is 0 Å². The van der Waals surface area contributed by atoms with Crippen molar-refractivity contribution in [2.75, 3.05) is 11.4 Å². The highest BCUT2D eigenvalue weighted by molar-refractivity contribution is 7.90. The van der Waals surface area contributed by atoms with Gasteiger partial charge in [-0.1, -0.05) is 24.3 Å². The fourth-order valence-electron chi connectivity index (χ4n) is 5.04. The van der Waals surface area contributed by atoms with Crippen molar-refractivity contribution in [3.05, 3.63) is 112 Å². The third-order valence-electron chi connectivity index (χ3n) is 7.38. The number of carbonyl (C=O) groups excluding carboxylic acids is 2. The second kappa shape index (κ2) is 12.6. The molecule has 2 amide bonds. The van der Waals surface area contributed by atoms with Crippen molar-refractivity contribution in [3.8, 4) is 0 Å². The first kappa shape index (κ1) is 34.3. The number of nitrogens with zero attached hydrogens (tertiary/aromatic N) is 3. The van der Waals surface area contributed by atoms with Crippen LogP contribution in [-0.4, -0.2) is 36.6 Å². The molecule has 0 fully saturated rings. The van der Waals surface area contributed by atoms with Gasteiger partial charge >= 0.3 is 12.4 Å². The topological polar surface area (TPSA) is 113 Å². The molecule has 1 aromatic heterocycles. The van der Waals surface area contributed by atoms with Gasteiger partial charge in [0.15, 0.2) is 17.3 Å². The van der Waals surface area contributed by atoms with Gasteiger partial charge in [0.05, 0.1) is 23.0 Å². The molecule has 4 aromatic rings. The van der Waals surface area contributed by atoms with Gasteiger partial charge in [0.2, 0.25) is 0 Å². The summed E-state index contributed by atoms with van der Waals surface area (Å²) in [4.78, 5) is 26.6. The van der Waals surface area contributed by atoms with Crippen LogP contribution in [0.5, 0.6) is 0 Å². The van der Waals surface area contributed by atoms with Crippen molar-refractivity contribution in [1.29, 1.82) is 0 Å². The third kappa shape index (κ3) is 7.12. The van der Waals surface area contributed by atoms with Gasteiger partial charge in [-0.25, -0.2) is 26.6 Å². The standard InChI is InChI=1S/C30H23F8N5O4S/c1-16(18-5-7-19(8-6-18)26(44)41-48(46,47)21-9-10-22(31)23(32)14-21)39-27(45)24-25(30(36,37)38)40-43-12-11-42(28(24)43)15-17-3-2-4-20(13-17)29(33,34)35/h2-10,13-14,16H,11-12,15H2,1H3,(H,39,45)(H,41,44)/t16-/m0/s1. The minimum absolute atomic E-state index is 0.0600. The normalized spacial score (nSPS) is 14.1. The van der Waals surface area contributed by atoms with Crippen LogP contribution in [0.25, 0.3) is 0 Å². The molecule has 18 heteroatoms. The van der Waals surface area contributed by atoms with Crippen molar-refractivity contribution in [3.63, 3.8) is 0 Å². The van der Waals surface area contributed by atoms with E-state index in [-0.39, 0.29) is 36.6 Å². The van der Waals surface area contributed by atoms with Crippen LogP contribution in [0.4, 0.5) is 40.9 Å². The number of rotatable bonds is 8. The summed E-state index contributed by atoms with van der Waals surface area (Å²) in [7, 11) is -4.59. The number of amides is 2. The SMILES string of the molecule is C[C@H](NC(=O)c1c(C(F)(F)F)nn2c1N(Cc1cccc(C(F)(F)F)c1)CC2)c1ccc(C(=O)NS(=O)(=O)c2ccc(F)c(F)c2)cc1. The molecule has 0 saturated carbocycles. The molecule has 254 valence electrons. The molecular weight excluding hydrogens is 678 g/mol. The summed E-state index contributed by atoms with van der Waals surface area (Å²) in [6.07, 6.45) is -9.69. The molecule has 48 heavy (non-hydrogen) atoms. The van der Waals surface area contributed by atoms with Crippen LogP contribution in [0.2, 0.25) is 0 Å².